The summed E-state index contributed by atoms with van der Waals surface area (Å²) in [5, 5.41) is 14.8. The average Bonchev–Trinajstić information content (AvgIpc) is 3.10. The lowest BCUT2D eigenvalue weighted by Crippen LogP contribution is -2.43. The third-order valence-electron chi connectivity index (χ3n) is 5.14. The number of anilines is 1. The molecule has 0 radical (unpaired) electrons. The van der Waals surface area contributed by atoms with Crippen LogP contribution < -0.4 is 5.32 Å². The first-order chi connectivity index (χ1) is 15.7. The van der Waals surface area contributed by atoms with Gasteiger partial charge in [-0.25, -0.2) is 13.2 Å². The van der Waals surface area contributed by atoms with Crippen molar-refractivity contribution in [2.24, 2.45) is 5.92 Å². The van der Waals surface area contributed by atoms with Gasteiger partial charge in [0.25, 0.3) is 0 Å². The molecule has 1 aromatic carbocycles. The number of ether oxygens (including phenoxy) is 1. The minimum absolute atomic E-state index is 0.0343. The van der Waals surface area contributed by atoms with Crippen molar-refractivity contribution in [3.05, 3.63) is 39.7 Å². The number of esters is 1. The number of carbonyl (C=O) groups is 2. The number of sulfonamides is 1. The molecule has 2 aromatic rings. The first-order valence-corrected chi connectivity index (χ1v) is 13.6. The van der Waals surface area contributed by atoms with Gasteiger partial charge in [-0.2, -0.15) is 9.57 Å². The van der Waals surface area contributed by atoms with Crippen molar-refractivity contribution in [2.75, 3.05) is 25.0 Å². The number of hydrogen-bond donors (Lipinski definition) is 1. The molecule has 3 rings (SSSR count). The van der Waals surface area contributed by atoms with Gasteiger partial charge in [-0.3, -0.25) is 4.79 Å². The molecule has 1 N–H and O–H groups in total. The van der Waals surface area contributed by atoms with E-state index in [0.717, 1.165) is 23.1 Å². The number of thiocyanates is 1. The molecule has 1 saturated heterocycles. The summed E-state index contributed by atoms with van der Waals surface area (Å²) >= 11 is 7.76. The van der Waals surface area contributed by atoms with Gasteiger partial charge in [0, 0.05) is 18.1 Å². The highest BCUT2D eigenvalue weighted by Crippen LogP contribution is 2.40. The number of nitriles is 1. The zero-order valence-electron chi connectivity index (χ0n) is 18.0. The molecule has 0 bridgehead atoms. The Morgan fingerprint density at radius 3 is 2.70 bits per heavy atom. The maximum Gasteiger partial charge on any atom is 0.348 e. The Kier molecular flexibility index (Phi) is 8.42. The molecule has 1 atom stereocenters. The Labute approximate surface area is 205 Å². The van der Waals surface area contributed by atoms with Gasteiger partial charge in [0.15, 0.2) is 0 Å². The summed E-state index contributed by atoms with van der Waals surface area (Å²) in [5.74, 6) is -1.45. The maximum atomic E-state index is 13.0. The number of nitrogens with one attached hydrogen (secondary N) is 1. The Bertz CT molecular complexity index is 1190. The molecule has 1 amide bonds. The van der Waals surface area contributed by atoms with Gasteiger partial charge in [-0.05, 0) is 68.3 Å². The van der Waals surface area contributed by atoms with Crippen LogP contribution in [0.5, 0.6) is 0 Å². The second-order valence-electron chi connectivity index (χ2n) is 7.27. The standard InChI is InChI=1S/C21H22ClN3O5S3/c1-3-30-21(27)18-13(2)17(31-12-23)20(32-18)24-19(26)14-5-4-10-25(11-14)33(28,29)16-8-6-15(22)7-9-16/h6-9,14H,3-5,10-11H2,1-2H3,(H,24,26). The monoisotopic (exact) mass is 527 g/mol. The van der Waals surface area contributed by atoms with Crippen LogP contribution in [0.4, 0.5) is 5.00 Å². The molecule has 176 valence electrons. The van der Waals surface area contributed by atoms with Crippen LogP contribution in [0.3, 0.4) is 0 Å². The minimum Gasteiger partial charge on any atom is -0.462 e. The Hall–Kier alpha value is -2.10. The summed E-state index contributed by atoms with van der Waals surface area (Å²) in [6.07, 6.45) is 1.05. The van der Waals surface area contributed by atoms with Crippen molar-refractivity contribution in [1.82, 2.24) is 4.31 Å². The number of benzene rings is 1. The number of carbonyl (C=O) groups excluding carboxylic acids is 2. The number of hydrogen-bond acceptors (Lipinski definition) is 8. The quantitative estimate of drug-likeness (QED) is 0.320. The first-order valence-electron chi connectivity index (χ1n) is 10.1. The molecule has 1 aromatic heterocycles. The fourth-order valence-electron chi connectivity index (χ4n) is 3.48. The van der Waals surface area contributed by atoms with Crippen molar-refractivity contribution < 1.29 is 22.7 Å². The number of nitrogens with zero attached hydrogens (tertiary/aromatic N) is 2. The smallest absolute Gasteiger partial charge is 0.348 e. The number of thiophene rings is 1. The molecular weight excluding hydrogens is 506 g/mol. The van der Waals surface area contributed by atoms with E-state index in [4.69, 9.17) is 21.6 Å². The van der Waals surface area contributed by atoms with Gasteiger partial charge in [-0.1, -0.05) is 11.6 Å². The molecule has 0 saturated carbocycles. The van der Waals surface area contributed by atoms with Crippen LogP contribution in [0, 0.1) is 23.5 Å². The van der Waals surface area contributed by atoms with Crippen molar-refractivity contribution >= 4 is 61.6 Å². The van der Waals surface area contributed by atoms with E-state index >= 15 is 0 Å². The van der Waals surface area contributed by atoms with Crippen molar-refractivity contribution in [3.63, 3.8) is 0 Å². The summed E-state index contributed by atoms with van der Waals surface area (Å²) in [6.45, 7) is 3.95. The summed E-state index contributed by atoms with van der Waals surface area (Å²) in [7, 11) is -3.77. The molecule has 2 heterocycles. The molecule has 1 fully saturated rings. The van der Waals surface area contributed by atoms with Crippen LogP contribution in [-0.2, 0) is 19.6 Å². The van der Waals surface area contributed by atoms with Crippen LogP contribution in [0.1, 0.15) is 35.0 Å². The van der Waals surface area contributed by atoms with E-state index in [2.05, 4.69) is 5.32 Å². The SMILES string of the molecule is CCOC(=O)c1sc(NC(=O)C2CCCN(S(=O)(=O)c3ccc(Cl)cc3)C2)c(SC#N)c1C. The average molecular weight is 528 g/mol. The van der Waals surface area contributed by atoms with Crippen LogP contribution in [-0.4, -0.2) is 44.3 Å². The van der Waals surface area contributed by atoms with Gasteiger partial charge in [0.2, 0.25) is 15.9 Å². The summed E-state index contributed by atoms with van der Waals surface area (Å²) in [6, 6.07) is 5.91. The topological polar surface area (TPSA) is 117 Å². The lowest BCUT2D eigenvalue weighted by Gasteiger charge is -2.31. The van der Waals surface area contributed by atoms with E-state index in [-0.39, 0.29) is 24.0 Å². The first kappa shape index (κ1) is 25.5. The normalized spacial score (nSPS) is 16.7. The van der Waals surface area contributed by atoms with Crippen molar-refractivity contribution in [1.29, 1.82) is 5.26 Å². The van der Waals surface area contributed by atoms with E-state index in [0.29, 0.717) is 44.7 Å². The van der Waals surface area contributed by atoms with E-state index in [9.17, 15) is 18.0 Å². The van der Waals surface area contributed by atoms with Gasteiger partial charge >= 0.3 is 5.97 Å². The van der Waals surface area contributed by atoms with Gasteiger partial charge in [0.1, 0.15) is 15.3 Å². The van der Waals surface area contributed by atoms with Gasteiger partial charge in [-0.15, -0.1) is 11.3 Å². The van der Waals surface area contributed by atoms with E-state index < -0.39 is 21.9 Å². The van der Waals surface area contributed by atoms with Crippen molar-refractivity contribution in [3.8, 4) is 5.40 Å². The van der Waals surface area contributed by atoms with Crippen LogP contribution >= 0.6 is 34.7 Å². The highest BCUT2D eigenvalue weighted by Gasteiger charge is 2.34. The van der Waals surface area contributed by atoms with Crippen LogP contribution in [0.25, 0.3) is 0 Å². The molecule has 1 aliphatic heterocycles. The predicted octanol–water partition coefficient (Wildman–Crippen LogP) is 4.50. The van der Waals surface area contributed by atoms with Crippen LogP contribution in [0.15, 0.2) is 34.1 Å². The van der Waals surface area contributed by atoms with E-state index in [1.807, 2.05) is 5.40 Å². The van der Waals surface area contributed by atoms with E-state index in [1.54, 1.807) is 13.8 Å². The highest BCUT2D eigenvalue weighted by atomic mass is 35.5. The zero-order chi connectivity index (χ0) is 24.2. The Balaban J connectivity index is 1.79. The molecule has 0 spiro atoms. The number of halogens is 1. The minimum atomic E-state index is -3.77. The predicted molar refractivity (Wildman–Crippen MR) is 128 cm³/mol. The molecule has 1 unspecified atom stereocenters. The maximum absolute atomic E-state index is 13.0. The lowest BCUT2D eigenvalue weighted by atomic mass is 9.99. The molecule has 1 aliphatic rings. The van der Waals surface area contributed by atoms with E-state index in [1.165, 1.54) is 28.6 Å². The summed E-state index contributed by atoms with van der Waals surface area (Å²) < 4.78 is 32.4. The highest BCUT2D eigenvalue weighted by molar-refractivity contribution is 8.04. The zero-order valence-corrected chi connectivity index (χ0v) is 21.2. The third-order valence-corrected chi connectivity index (χ3v) is 9.40. The summed E-state index contributed by atoms with van der Waals surface area (Å²) in [5.41, 5.74) is 0.566. The largest absolute Gasteiger partial charge is 0.462 e. The fraction of sp³-hybridized carbons (Fsp3) is 0.381. The fourth-order valence-corrected chi connectivity index (χ4v) is 6.94. The van der Waals surface area contributed by atoms with Gasteiger partial charge in [0.05, 0.1) is 22.3 Å². The Morgan fingerprint density at radius 2 is 2.06 bits per heavy atom. The summed E-state index contributed by atoms with van der Waals surface area (Å²) in [4.78, 5) is 26.2. The lowest BCUT2D eigenvalue weighted by molar-refractivity contribution is -0.120. The number of piperidine rings is 1. The molecular formula is C21H22ClN3O5S3. The van der Waals surface area contributed by atoms with Crippen molar-refractivity contribution in [2.45, 2.75) is 36.5 Å². The van der Waals surface area contributed by atoms with Crippen LogP contribution in [0.2, 0.25) is 5.02 Å². The number of thioether (sulfide) groups is 1. The molecule has 0 aliphatic carbocycles. The van der Waals surface area contributed by atoms with Gasteiger partial charge < -0.3 is 10.1 Å². The number of rotatable bonds is 7. The second-order valence-corrected chi connectivity index (χ2v) is 11.5. The molecule has 33 heavy (non-hydrogen) atoms. The Morgan fingerprint density at radius 1 is 1.36 bits per heavy atom. The second kappa shape index (κ2) is 10.9. The molecule has 8 nitrogen and oxygen atoms in total. The third kappa shape index (κ3) is 5.70. The number of amides is 1. The molecule has 12 heteroatoms.